The Kier molecular flexibility index (Phi) is 5.37. The molecule has 0 saturated heterocycles. The highest BCUT2D eigenvalue weighted by Crippen LogP contribution is 2.11. The summed E-state index contributed by atoms with van der Waals surface area (Å²) in [5.74, 6) is 0.242. The molecule has 0 amide bonds. The highest BCUT2D eigenvalue weighted by atomic mass is 35.5. The minimum atomic E-state index is 0.242. The third kappa shape index (κ3) is 4.96. The molecule has 0 bridgehead atoms. The van der Waals surface area contributed by atoms with Crippen LogP contribution in [0.25, 0.3) is 0 Å². The summed E-state index contributed by atoms with van der Waals surface area (Å²) in [5, 5.41) is 0.726. The van der Waals surface area contributed by atoms with Gasteiger partial charge in [-0.15, -0.1) is 0 Å². The molecule has 0 atom stereocenters. The minimum Gasteiger partial charge on any atom is -0.384 e. The molecule has 2 nitrogen and oxygen atoms in total. The van der Waals surface area contributed by atoms with Crippen molar-refractivity contribution in [2.75, 3.05) is 13.7 Å². The lowest BCUT2D eigenvalue weighted by atomic mass is 10.1. The topological polar surface area (TPSA) is 26.3 Å². The molecule has 0 aromatic heterocycles. The van der Waals surface area contributed by atoms with Gasteiger partial charge in [0.15, 0.2) is 0 Å². The molecule has 82 valence electrons. The second-order valence-corrected chi connectivity index (χ2v) is 3.84. The van der Waals surface area contributed by atoms with Crippen LogP contribution in [-0.2, 0) is 16.0 Å². The number of hydrogen-bond donors (Lipinski definition) is 0. The first-order valence-electron chi connectivity index (χ1n) is 4.97. The zero-order valence-corrected chi connectivity index (χ0v) is 9.59. The molecule has 0 aliphatic carbocycles. The first kappa shape index (κ1) is 12.2. The summed E-state index contributed by atoms with van der Waals surface area (Å²) >= 11 is 5.76. The number of methoxy groups -OCH3 is 1. The fraction of sp³-hybridized carbons (Fsp3) is 0.417. The Hall–Kier alpha value is -0.860. The highest BCUT2D eigenvalue weighted by molar-refractivity contribution is 6.30. The number of hydrogen-bond acceptors (Lipinski definition) is 2. The number of benzene rings is 1. The molecular formula is C12H15ClO2. The molecule has 0 aliphatic heterocycles. The van der Waals surface area contributed by atoms with Gasteiger partial charge in [0.2, 0.25) is 0 Å². The maximum Gasteiger partial charge on any atom is 0.135 e. The minimum absolute atomic E-state index is 0.242. The molecule has 15 heavy (non-hydrogen) atoms. The van der Waals surface area contributed by atoms with Crippen LogP contribution in [0.3, 0.4) is 0 Å². The van der Waals surface area contributed by atoms with Crippen LogP contribution in [0.5, 0.6) is 0 Å². The van der Waals surface area contributed by atoms with Crippen molar-refractivity contribution in [1.29, 1.82) is 0 Å². The number of carbonyl (C=O) groups excluding carboxylic acids is 1. The first-order chi connectivity index (χ1) is 7.22. The molecule has 0 spiro atoms. The zero-order valence-electron chi connectivity index (χ0n) is 8.83. The van der Waals surface area contributed by atoms with Crippen LogP contribution < -0.4 is 0 Å². The summed E-state index contributed by atoms with van der Waals surface area (Å²) in [6.07, 6.45) is 1.86. The molecule has 1 aromatic rings. The van der Waals surface area contributed by atoms with Crippen molar-refractivity contribution in [2.24, 2.45) is 0 Å². The van der Waals surface area contributed by atoms with Crippen LogP contribution in [-0.4, -0.2) is 19.5 Å². The van der Waals surface area contributed by atoms with E-state index in [0.29, 0.717) is 19.4 Å². The summed E-state index contributed by atoms with van der Waals surface area (Å²) < 4.78 is 4.84. The number of rotatable bonds is 6. The van der Waals surface area contributed by atoms with Crippen LogP contribution in [0.2, 0.25) is 5.02 Å². The normalized spacial score (nSPS) is 10.3. The van der Waals surface area contributed by atoms with Crippen LogP contribution in [0.15, 0.2) is 24.3 Å². The van der Waals surface area contributed by atoms with Crippen molar-refractivity contribution in [3.05, 3.63) is 34.9 Å². The maximum absolute atomic E-state index is 11.3. The number of carbonyl (C=O) groups is 1. The number of halogens is 1. The van der Waals surface area contributed by atoms with Crippen LogP contribution in [0, 0.1) is 0 Å². The number of Topliss-reactive ketones (excluding diaryl/α,β-unsaturated/α-hetero) is 1. The molecule has 0 radical (unpaired) electrons. The van der Waals surface area contributed by atoms with E-state index in [9.17, 15) is 4.79 Å². The van der Waals surface area contributed by atoms with Crippen molar-refractivity contribution in [1.82, 2.24) is 0 Å². The molecule has 0 aliphatic rings. The fourth-order valence-corrected chi connectivity index (χ4v) is 1.40. The molecule has 0 N–H and O–H groups in total. The Balaban J connectivity index is 2.30. The van der Waals surface area contributed by atoms with E-state index in [1.165, 1.54) is 0 Å². The second kappa shape index (κ2) is 6.59. The predicted molar refractivity (Wildman–Crippen MR) is 61.3 cm³/mol. The molecule has 0 fully saturated rings. The van der Waals surface area contributed by atoms with Gasteiger partial charge < -0.3 is 4.74 Å². The van der Waals surface area contributed by atoms with Gasteiger partial charge in [-0.2, -0.15) is 0 Å². The van der Waals surface area contributed by atoms with E-state index in [4.69, 9.17) is 16.3 Å². The lowest BCUT2D eigenvalue weighted by Gasteiger charge is -2.01. The van der Waals surface area contributed by atoms with E-state index in [2.05, 4.69) is 0 Å². The summed E-state index contributed by atoms with van der Waals surface area (Å²) in [6, 6.07) is 7.59. The highest BCUT2D eigenvalue weighted by Gasteiger charge is 2.02. The SMILES string of the molecule is COCCC(=O)CCc1ccc(Cl)cc1. The molecule has 1 aromatic carbocycles. The molecule has 0 unspecified atom stereocenters. The summed E-state index contributed by atoms with van der Waals surface area (Å²) in [6.45, 7) is 0.513. The third-order valence-corrected chi connectivity index (χ3v) is 2.44. The van der Waals surface area contributed by atoms with Gasteiger partial charge >= 0.3 is 0 Å². The van der Waals surface area contributed by atoms with Gasteiger partial charge in [-0.1, -0.05) is 23.7 Å². The Morgan fingerprint density at radius 2 is 1.93 bits per heavy atom. The second-order valence-electron chi connectivity index (χ2n) is 3.41. The van der Waals surface area contributed by atoms with Gasteiger partial charge in [0.05, 0.1) is 6.61 Å². The Labute approximate surface area is 95.2 Å². The number of aryl methyl sites for hydroxylation is 1. The van der Waals surface area contributed by atoms with Crippen molar-refractivity contribution in [3.63, 3.8) is 0 Å². The van der Waals surface area contributed by atoms with Crippen molar-refractivity contribution >= 4 is 17.4 Å². The van der Waals surface area contributed by atoms with Crippen LogP contribution in [0.4, 0.5) is 0 Å². The zero-order chi connectivity index (χ0) is 11.1. The summed E-state index contributed by atoms with van der Waals surface area (Å²) in [7, 11) is 1.60. The van der Waals surface area contributed by atoms with E-state index < -0.39 is 0 Å². The lowest BCUT2D eigenvalue weighted by molar-refractivity contribution is -0.119. The quantitative estimate of drug-likeness (QED) is 0.746. The van der Waals surface area contributed by atoms with Crippen LogP contribution >= 0.6 is 11.6 Å². The van der Waals surface area contributed by atoms with E-state index >= 15 is 0 Å². The van der Waals surface area contributed by atoms with E-state index in [1.807, 2.05) is 24.3 Å². The van der Waals surface area contributed by atoms with Gasteiger partial charge in [-0.25, -0.2) is 0 Å². The monoisotopic (exact) mass is 226 g/mol. The first-order valence-corrected chi connectivity index (χ1v) is 5.35. The van der Waals surface area contributed by atoms with Gasteiger partial charge in [0.25, 0.3) is 0 Å². The van der Waals surface area contributed by atoms with Crippen molar-refractivity contribution in [3.8, 4) is 0 Å². The van der Waals surface area contributed by atoms with Gasteiger partial charge in [-0.05, 0) is 24.1 Å². The maximum atomic E-state index is 11.3. The van der Waals surface area contributed by atoms with Gasteiger partial charge in [-0.3, -0.25) is 4.79 Å². The van der Waals surface area contributed by atoms with Crippen LogP contribution in [0.1, 0.15) is 18.4 Å². The fourth-order valence-electron chi connectivity index (χ4n) is 1.28. The van der Waals surface area contributed by atoms with Crippen molar-refractivity contribution < 1.29 is 9.53 Å². The lowest BCUT2D eigenvalue weighted by Crippen LogP contribution is -2.03. The molecule has 0 saturated carbocycles. The van der Waals surface area contributed by atoms with Gasteiger partial charge in [0, 0.05) is 25.0 Å². The average Bonchev–Trinajstić information content (AvgIpc) is 2.25. The van der Waals surface area contributed by atoms with Gasteiger partial charge in [0.1, 0.15) is 5.78 Å². The largest absolute Gasteiger partial charge is 0.384 e. The summed E-state index contributed by atoms with van der Waals surface area (Å²) in [4.78, 5) is 11.3. The molecular weight excluding hydrogens is 212 g/mol. The van der Waals surface area contributed by atoms with E-state index in [-0.39, 0.29) is 5.78 Å². The predicted octanol–water partition coefficient (Wildman–Crippen LogP) is 2.88. The molecule has 1 rings (SSSR count). The van der Waals surface area contributed by atoms with E-state index in [1.54, 1.807) is 7.11 Å². The Morgan fingerprint density at radius 1 is 1.27 bits per heavy atom. The number of ketones is 1. The summed E-state index contributed by atoms with van der Waals surface area (Å²) in [5.41, 5.74) is 1.14. The standard InChI is InChI=1S/C12H15ClO2/c1-15-9-8-12(14)7-4-10-2-5-11(13)6-3-10/h2-3,5-6H,4,7-9H2,1H3. The smallest absolute Gasteiger partial charge is 0.135 e. The Bertz CT molecular complexity index is 306. The third-order valence-electron chi connectivity index (χ3n) is 2.19. The van der Waals surface area contributed by atoms with E-state index in [0.717, 1.165) is 17.0 Å². The van der Waals surface area contributed by atoms with Crippen molar-refractivity contribution in [2.45, 2.75) is 19.3 Å². The molecule has 3 heteroatoms. The number of ether oxygens (including phenoxy) is 1. The Morgan fingerprint density at radius 3 is 2.53 bits per heavy atom. The molecule has 0 heterocycles. The average molecular weight is 227 g/mol.